The third kappa shape index (κ3) is 5.65. The van der Waals surface area contributed by atoms with E-state index in [0.29, 0.717) is 32.2 Å². The summed E-state index contributed by atoms with van der Waals surface area (Å²) < 4.78 is 51.1. The Morgan fingerprint density at radius 3 is 2.89 bits per heavy atom. The third-order valence-electron chi connectivity index (χ3n) is 6.81. The minimum Gasteiger partial charge on any atom is -0.487 e. The molecule has 1 saturated carbocycles. The quantitative estimate of drug-likeness (QED) is 0.509. The lowest BCUT2D eigenvalue weighted by atomic mass is 10.1. The van der Waals surface area contributed by atoms with E-state index in [1.807, 2.05) is 6.20 Å². The zero-order valence-corrected chi connectivity index (χ0v) is 20.4. The van der Waals surface area contributed by atoms with E-state index >= 15 is 0 Å². The van der Waals surface area contributed by atoms with Crippen molar-refractivity contribution in [2.45, 2.75) is 50.4 Å². The fourth-order valence-electron chi connectivity index (χ4n) is 4.78. The van der Waals surface area contributed by atoms with E-state index in [4.69, 9.17) is 9.47 Å². The van der Waals surface area contributed by atoms with Gasteiger partial charge in [0.05, 0.1) is 37.6 Å². The lowest BCUT2D eigenvalue weighted by molar-refractivity contribution is -0.138. The molecule has 200 valence electrons. The summed E-state index contributed by atoms with van der Waals surface area (Å²) in [5.41, 5.74) is -1.85. The second kappa shape index (κ2) is 10.2. The predicted molar refractivity (Wildman–Crippen MR) is 128 cm³/mol. The van der Waals surface area contributed by atoms with E-state index in [0.717, 1.165) is 17.8 Å². The zero-order chi connectivity index (χ0) is 26.2. The standard InChI is InChI=1S/C24H29F3N6O4/c1-14(30-18-10-29-31-23(35)21(18)24(25,26)27)12-36-7-4-20(34)32-5-6-33-17(11-32)13-37-19-8-16(15-2-3-15)9-28-22(19)33/h8-10,14-15,17H,2-7,11-13H2,1H3,(H2,30,31,35)/t14-,17?/m0/s1. The normalized spacial score (nSPS) is 20.1. The molecular weight excluding hydrogens is 493 g/mol. The Hall–Kier alpha value is -3.35. The van der Waals surface area contributed by atoms with Gasteiger partial charge in [-0.2, -0.15) is 18.3 Å². The average molecular weight is 523 g/mol. The molecule has 13 heteroatoms. The number of fused-ring (bicyclic) bond motifs is 3. The van der Waals surface area contributed by atoms with E-state index in [2.05, 4.69) is 26.4 Å². The van der Waals surface area contributed by atoms with Crippen molar-refractivity contribution in [2.75, 3.05) is 49.7 Å². The molecule has 1 aliphatic carbocycles. The summed E-state index contributed by atoms with van der Waals surface area (Å²) in [5, 5.41) is 7.84. The second-order valence-corrected chi connectivity index (χ2v) is 9.72. The minimum atomic E-state index is -4.82. The van der Waals surface area contributed by atoms with Crippen LogP contribution in [0.4, 0.5) is 24.7 Å². The Bertz CT molecular complexity index is 1200. The lowest BCUT2D eigenvalue weighted by Gasteiger charge is -2.44. The largest absolute Gasteiger partial charge is 0.487 e. The summed E-state index contributed by atoms with van der Waals surface area (Å²) in [4.78, 5) is 33.0. The molecule has 4 heterocycles. The van der Waals surface area contributed by atoms with Crippen molar-refractivity contribution in [3.05, 3.63) is 39.9 Å². The topological polar surface area (TPSA) is 113 Å². The fraction of sp³-hybridized carbons (Fsp3) is 0.583. The number of carbonyl (C=O) groups is 1. The monoisotopic (exact) mass is 522 g/mol. The molecule has 2 atom stereocenters. The number of nitrogens with zero attached hydrogens (tertiary/aromatic N) is 4. The highest BCUT2D eigenvalue weighted by atomic mass is 19.4. The molecule has 2 N–H and O–H groups in total. The number of aromatic amines is 1. The average Bonchev–Trinajstić information content (AvgIpc) is 3.70. The van der Waals surface area contributed by atoms with E-state index < -0.39 is 29.0 Å². The van der Waals surface area contributed by atoms with Crippen molar-refractivity contribution in [2.24, 2.45) is 0 Å². The first-order chi connectivity index (χ1) is 17.7. The molecule has 10 nitrogen and oxygen atoms in total. The van der Waals surface area contributed by atoms with E-state index in [-0.39, 0.29) is 31.6 Å². The van der Waals surface area contributed by atoms with Gasteiger partial charge in [-0.1, -0.05) is 0 Å². The number of alkyl halides is 3. The molecule has 1 saturated heterocycles. The van der Waals surface area contributed by atoms with Crippen LogP contribution in [-0.4, -0.2) is 77.5 Å². The Balaban J connectivity index is 1.07. The van der Waals surface area contributed by atoms with Gasteiger partial charge in [0, 0.05) is 31.9 Å². The fourth-order valence-corrected chi connectivity index (χ4v) is 4.78. The number of halogens is 3. The van der Waals surface area contributed by atoms with E-state index in [1.165, 1.54) is 18.4 Å². The number of hydrogen-bond donors (Lipinski definition) is 2. The molecule has 2 aromatic rings. The van der Waals surface area contributed by atoms with Crippen molar-refractivity contribution in [3.63, 3.8) is 0 Å². The van der Waals surface area contributed by atoms with Gasteiger partial charge in [-0.05, 0) is 37.3 Å². The number of carbonyl (C=O) groups excluding carboxylic acids is 1. The number of rotatable bonds is 8. The number of amides is 1. The van der Waals surface area contributed by atoms with Crippen LogP contribution >= 0.6 is 0 Å². The van der Waals surface area contributed by atoms with Gasteiger partial charge in [0.2, 0.25) is 5.91 Å². The van der Waals surface area contributed by atoms with Crippen LogP contribution in [0, 0.1) is 0 Å². The Kier molecular flexibility index (Phi) is 6.97. The SMILES string of the molecule is C[C@@H](COCCC(=O)N1CCN2c3ncc(C4CC4)cc3OCC2C1)Nc1cn[nH]c(=O)c1C(F)(F)F. The first kappa shape index (κ1) is 25.3. The molecule has 0 aromatic carbocycles. The number of hydrogen-bond acceptors (Lipinski definition) is 8. The van der Waals surface area contributed by atoms with Gasteiger partial charge in [-0.25, -0.2) is 10.1 Å². The van der Waals surface area contributed by atoms with Gasteiger partial charge in [0.25, 0.3) is 5.56 Å². The van der Waals surface area contributed by atoms with Crippen molar-refractivity contribution in [3.8, 4) is 5.75 Å². The van der Waals surface area contributed by atoms with Gasteiger partial charge in [0.15, 0.2) is 11.6 Å². The molecule has 3 aliphatic rings. The highest BCUT2D eigenvalue weighted by molar-refractivity contribution is 5.77. The molecule has 37 heavy (non-hydrogen) atoms. The Morgan fingerprint density at radius 1 is 1.32 bits per heavy atom. The molecule has 2 fully saturated rings. The summed E-state index contributed by atoms with van der Waals surface area (Å²) >= 11 is 0. The molecule has 2 aliphatic heterocycles. The molecule has 5 rings (SSSR count). The number of pyridine rings is 1. The van der Waals surface area contributed by atoms with E-state index in [9.17, 15) is 22.8 Å². The first-order valence-electron chi connectivity index (χ1n) is 12.4. The number of ether oxygens (including phenoxy) is 2. The maximum atomic E-state index is 13.2. The van der Waals surface area contributed by atoms with Gasteiger partial charge >= 0.3 is 6.18 Å². The molecule has 0 spiro atoms. The van der Waals surface area contributed by atoms with Crippen LogP contribution in [0.1, 0.15) is 43.2 Å². The van der Waals surface area contributed by atoms with Crippen molar-refractivity contribution < 1.29 is 27.4 Å². The number of aromatic nitrogens is 3. The van der Waals surface area contributed by atoms with Crippen LogP contribution in [0.15, 0.2) is 23.3 Å². The maximum Gasteiger partial charge on any atom is 0.423 e. The smallest absolute Gasteiger partial charge is 0.423 e. The van der Waals surface area contributed by atoms with Crippen molar-refractivity contribution in [1.29, 1.82) is 0 Å². The van der Waals surface area contributed by atoms with Crippen molar-refractivity contribution in [1.82, 2.24) is 20.1 Å². The molecule has 0 radical (unpaired) electrons. The second-order valence-electron chi connectivity index (χ2n) is 9.72. The summed E-state index contributed by atoms with van der Waals surface area (Å²) in [6.45, 7) is 4.03. The Morgan fingerprint density at radius 2 is 2.14 bits per heavy atom. The lowest BCUT2D eigenvalue weighted by Crippen LogP contribution is -2.58. The number of anilines is 2. The van der Waals surface area contributed by atoms with Crippen LogP contribution in [-0.2, 0) is 15.7 Å². The maximum absolute atomic E-state index is 13.2. The highest BCUT2D eigenvalue weighted by Gasteiger charge is 2.38. The summed E-state index contributed by atoms with van der Waals surface area (Å²) in [5.74, 6) is 2.20. The van der Waals surface area contributed by atoms with Gasteiger partial charge in [-0.3, -0.25) is 9.59 Å². The van der Waals surface area contributed by atoms with Gasteiger partial charge in [0.1, 0.15) is 12.2 Å². The third-order valence-corrected chi connectivity index (χ3v) is 6.81. The predicted octanol–water partition coefficient (Wildman–Crippen LogP) is 2.38. The highest BCUT2D eigenvalue weighted by Crippen LogP contribution is 2.43. The zero-order valence-electron chi connectivity index (χ0n) is 20.4. The van der Waals surface area contributed by atoms with Crippen LogP contribution < -0.4 is 20.5 Å². The number of H-pyrrole nitrogens is 1. The van der Waals surface area contributed by atoms with Crippen LogP contribution in [0.3, 0.4) is 0 Å². The minimum absolute atomic E-state index is 0.0278. The van der Waals surface area contributed by atoms with Gasteiger partial charge in [-0.15, -0.1) is 0 Å². The van der Waals surface area contributed by atoms with Crippen LogP contribution in [0.2, 0.25) is 0 Å². The first-order valence-corrected chi connectivity index (χ1v) is 12.4. The van der Waals surface area contributed by atoms with Crippen LogP contribution in [0.5, 0.6) is 5.75 Å². The molecule has 2 aromatic heterocycles. The summed E-state index contributed by atoms with van der Waals surface area (Å²) in [6, 6.07) is 1.58. The summed E-state index contributed by atoms with van der Waals surface area (Å²) in [7, 11) is 0. The molecule has 1 amide bonds. The van der Waals surface area contributed by atoms with Gasteiger partial charge < -0.3 is 24.6 Å². The number of nitrogens with one attached hydrogen (secondary N) is 2. The molecular formula is C24H29F3N6O4. The van der Waals surface area contributed by atoms with Crippen LogP contribution in [0.25, 0.3) is 0 Å². The summed E-state index contributed by atoms with van der Waals surface area (Å²) in [6.07, 6.45) is 0.584. The van der Waals surface area contributed by atoms with Crippen molar-refractivity contribution >= 4 is 17.4 Å². The molecule has 1 unspecified atom stereocenters. The Labute approximate surface area is 211 Å². The number of piperazine rings is 1. The van der Waals surface area contributed by atoms with E-state index in [1.54, 1.807) is 16.9 Å². The molecule has 0 bridgehead atoms.